The molecule has 4 rings (SSSR count). The number of hydrogen-bond donors (Lipinski definition) is 1. The molecule has 26 heavy (non-hydrogen) atoms. The van der Waals surface area contributed by atoms with Gasteiger partial charge < -0.3 is 4.98 Å². The van der Waals surface area contributed by atoms with Crippen molar-refractivity contribution >= 4 is 56.6 Å². The number of rotatable bonds is 0. The minimum atomic E-state index is -0.589. The number of fused-ring (bicyclic) bond motifs is 2. The van der Waals surface area contributed by atoms with E-state index in [2.05, 4.69) is 19.9 Å². The molecule has 2 aromatic carbocycles. The molecule has 0 aliphatic heterocycles. The molecule has 0 aliphatic rings. The number of hydrogen-bond acceptors (Lipinski definition) is 4. The van der Waals surface area contributed by atoms with Crippen LogP contribution in [0.2, 0.25) is 15.2 Å². The van der Waals surface area contributed by atoms with Crippen LogP contribution >= 0.6 is 34.8 Å². The first-order chi connectivity index (χ1) is 12.4. The molecule has 0 spiro atoms. The minimum Gasteiger partial charge on any atom is -0.313 e. The third kappa shape index (κ3) is 3.75. The highest BCUT2D eigenvalue weighted by molar-refractivity contribution is 6.35. The van der Waals surface area contributed by atoms with Crippen LogP contribution in [0, 0.1) is 11.6 Å². The number of nitrogens with one attached hydrogen (secondary N) is 1. The van der Waals surface area contributed by atoms with Gasteiger partial charge in [0.1, 0.15) is 22.5 Å². The maximum absolute atomic E-state index is 13.2. The highest BCUT2D eigenvalue weighted by Gasteiger charge is 2.07. The summed E-state index contributed by atoms with van der Waals surface area (Å²) in [6.07, 6.45) is 2.36. The van der Waals surface area contributed by atoms with Crippen LogP contribution in [0.4, 0.5) is 8.78 Å². The average Bonchev–Trinajstić information content (AvgIpc) is 2.57. The Hall–Kier alpha value is -2.35. The third-order valence-electron chi connectivity index (χ3n) is 3.27. The maximum Gasteiger partial charge on any atom is 0.258 e. The largest absolute Gasteiger partial charge is 0.313 e. The maximum atomic E-state index is 13.2. The van der Waals surface area contributed by atoms with Gasteiger partial charge in [-0.15, -0.1) is 0 Å². The van der Waals surface area contributed by atoms with Crippen LogP contribution in [-0.2, 0) is 0 Å². The summed E-state index contributed by atoms with van der Waals surface area (Å²) in [5.41, 5.74) is -0.177. The Balaban J connectivity index is 0.000000151. The molecule has 0 radical (unpaired) electrons. The molecule has 2 aromatic heterocycles. The molecular weight excluding hydrogens is 409 g/mol. The van der Waals surface area contributed by atoms with Crippen LogP contribution < -0.4 is 5.56 Å². The number of H-pyrrole nitrogens is 1. The second-order valence-electron chi connectivity index (χ2n) is 4.96. The van der Waals surface area contributed by atoms with Gasteiger partial charge in [-0.1, -0.05) is 34.8 Å². The quantitative estimate of drug-likeness (QED) is 0.419. The number of benzene rings is 2. The van der Waals surface area contributed by atoms with E-state index in [-0.39, 0.29) is 31.6 Å². The zero-order valence-electron chi connectivity index (χ0n) is 12.6. The van der Waals surface area contributed by atoms with Crippen molar-refractivity contribution in [2.75, 3.05) is 0 Å². The first kappa shape index (κ1) is 18.4. The second-order valence-corrected chi connectivity index (χ2v) is 6.19. The molecular formula is C16H7Cl3F2N4O. The Morgan fingerprint density at radius 3 is 2.04 bits per heavy atom. The van der Waals surface area contributed by atoms with Gasteiger partial charge in [0.25, 0.3) is 5.56 Å². The second kappa shape index (κ2) is 7.49. The van der Waals surface area contributed by atoms with E-state index in [0.29, 0.717) is 5.39 Å². The number of aromatic nitrogens is 4. The number of nitrogens with zero attached hydrogens (tertiary/aromatic N) is 3. The van der Waals surface area contributed by atoms with E-state index in [0.717, 1.165) is 12.4 Å². The normalized spacial score (nSPS) is 10.7. The summed E-state index contributed by atoms with van der Waals surface area (Å²) in [4.78, 5) is 24.7. The van der Waals surface area contributed by atoms with Crippen molar-refractivity contribution in [3.05, 3.63) is 74.1 Å². The smallest absolute Gasteiger partial charge is 0.258 e. The minimum absolute atomic E-state index is 0.0353. The fourth-order valence-corrected chi connectivity index (χ4v) is 2.76. The van der Waals surface area contributed by atoms with E-state index in [4.69, 9.17) is 34.8 Å². The monoisotopic (exact) mass is 414 g/mol. The van der Waals surface area contributed by atoms with Gasteiger partial charge in [0.05, 0.1) is 11.7 Å². The van der Waals surface area contributed by atoms with E-state index < -0.39 is 17.2 Å². The van der Waals surface area contributed by atoms with Gasteiger partial charge in [0, 0.05) is 15.4 Å². The molecule has 0 saturated carbocycles. The van der Waals surface area contributed by atoms with Crippen molar-refractivity contribution in [2.24, 2.45) is 0 Å². The highest BCUT2D eigenvalue weighted by atomic mass is 35.5. The summed E-state index contributed by atoms with van der Waals surface area (Å²) in [5.74, 6) is -1.08. The Morgan fingerprint density at radius 2 is 1.38 bits per heavy atom. The average molecular weight is 416 g/mol. The molecule has 132 valence electrons. The fourth-order valence-electron chi connectivity index (χ4n) is 2.16. The van der Waals surface area contributed by atoms with Crippen molar-refractivity contribution in [1.82, 2.24) is 19.9 Å². The van der Waals surface area contributed by atoms with Gasteiger partial charge in [-0.05, 0) is 24.3 Å². The van der Waals surface area contributed by atoms with Crippen molar-refractivity contribution in [1.29, 1.82) is 0 Å². The Morgan fingerprint density at radius 1 is 0.808 bits per heavy atom. The van der Waals surface area contributed by atoms with E-state index in [1.165, 1.54) is 24.5 Å². The van der Waals surface area contributed by atoms with Crippen LogP contribution in [-0.4, -0.2) is 19.9 Å². The molecule has 0 saturated heterocycles. The lowest BCUT2D eigenvalue weighted by atomic mass is 10.2. The summed E-state index contributed by atoms with van der Waals surface area (Å²) >= 11 is 16.9. The van der Waals surface area contributed by atoms with Crippen LogP contribution in [0.5, 0.6) is 0 Å². The van der Waals surface area contributed by atoms with E-state index in [9.17, 15) is 13.6 Å². The summed E-state index contributed by atoms with van der Waals surface area (Å²) in [6, 6.07) is 5.22. The third-order valence-corrected chi connectivity index (χ3v) is 4.01. The molecule has 10 heteroatoms. The van der Waals surface area contributed by atoms with E-state index in [1.54, 1.807) is 0 Å². The highest BCUT2D eigenvalue weighted by Crippen LogP contribution is 2.25. The molecule has 0 aliphatic carbocycles. The number of halogens is 5. The zero-order chi connectivity index (χ0) is 18.8. The van der Waals surface area contributed by atoms with Crippen LogP contribution in [0.1, 0.15) is 0 Å². The number of aromatic amines is 1. The topological polar surface area (TPSA) is 71.5 Å². The zero-order valence-corrected chi connectivity index (χ0v) is 14.9. The molecule has 0 amide bonds. The van der Waals surface area contributed by atoms with Gasteiger partial charge in [0.2, 0.25) is 0 Å². The summed E-state index contributed by atoms with van der Waals surface area (Å²) in [6.45, 7) is 0. The SMILES string of the molecule is Fc1cc(Cl)cc2c(Cl)ncnc12.O=c1[nH]cnc2c(F)cc(Cl)cc12. The summed E-state index contributed by atoms with van der Waals surface area (Å²) < 4.78 is 26.3. The fraction of sp³-hybridized carbons (Fsp3) is 0. The molecule has 4 aromatic rings. The molecule has 5 nitrogen and oxygen atoms in total. The van der Waals surface area contributed by atoms with Gasteiger partial charge in [-0.2, -0.15) is 0 Å². The van der Waals surface area contributed by atoms with Crippen LogP contribution in [0.15, 0.2) is 41.7 Å². The molecule has 0 atom stereocenters. The predicted molar refractivity (Wildman–Crippen MR) is 96.8 cm³/mol. The first-order valence-corrected chi connectivity index (χ1v) is 8.08. The van der Waals surface area contributed by atoms with Gasteiger partial charge in [-0.25, -0.2) is 23.7 Å². The Labute approximate surface area is 159 Å². The van der Waals surface area contributed by atoms with Crippen LogP contribution in [0.25, 0.3) is 21.8 Å². The van der Waals surface area contributed by atoms with Gasteiger partial charge >= 0.3 is 0 Å². The van der Waals surface area contributed by atoms with Crippen LogP contribution in [0.3, 0.4) is 0 Å². The van der Waals surface area contributed by atoms with Crippen molar-refractivity contribution in [3.8, 4) is 0 Å². The van der Waals surface area contributed by atoms with Gasteiger partial charge in [-0.3, -0.25) is 4.79 Å². The molecule has 2 heterocycles. The molecule has 0 unspecified atom stereocenters. The lowest BCUT2D eigenvalue weighted by Crippen LogP contribution is -2.06. The van der Waals surface area contributed by atoms with Crippen molar-refractivity contribution in [3.63, 3.8) is 0 Å². The van der Waals surface area contributed by atoms with Crippen molar-refractivity contribution < 1.29 is 8.78 Å². The van der Waals surface area contributed by atoms with E-state index >= 15 is 0 Å². The predicted octanol–water partition coefficient (Wildman–Crippen LogP) is 4.79. The molecule has 1 N–H and O–H groups in total. The summed E-state index contributed by atoms with van der Waals surface area (Å²) in [5, 5.41) is 1.25. The van der Waals surface area contributed by atoms with Gasteiger partial charge in [0.15, 0.2) is 11.6 Å². The Bertz CT molecular complexity index is 1180. The molecule has 0 fully saturated rings. The molecule has 0 bridgehead atoms. The first-order valence-electron chi connectivity index (χ1n) is 6.94. The standard InChI is InChI=1S/C8H3Cl2FN2.C8H4ClFN2O/c9-4-1-5-7(6(11)2-4)12-3-13-8(5)10;9-4-1-5-7(6(10)2-4)11-3-12-8(5)13/h1-3H;1-3H,(H,11,12,13). The lowest BCUT2D eigenvalue weighted by molar-refractivity contribution is 0.636. The Kier molecular flexibility index (Phi) is 5.31. The van der Waals surface area contributed by atoms with Crippen molar-refractivity contribution in [2.45, 2.75) is 0 Å². The summed E-state index contributed by atoms with van der Waals surface area (Å²) in [7, 11) is 0. The van der Waals surface area contributed by atoms with E-state index in [1.807, 2.05) is 0 Å². The lowest BCUT2D eigenvalue weighted by Gasteiger charge is -1.99.